The molecule has 0 amide bonds. The van der Waals surface area contributed by atoms with Crippen molar-refractivity contribution in [2.24, 2.45) is 0 Å². The summed E-state index contributed by atoms with van der Waals surface area (Å²) in [6.45, 7) is 4.10. The second-order valence-electron chi connectivity index (χ2n) is 5.44. The maximum atomic E-state index is 12.0. The fourth-order valence-corrected chi connectivity index (χ4v) is 2.97. The lowest BCUT2D eigenvalue weighted by Crippen LogP contribution is -2.22. The molecule has 0 saturated carbocycles. The van der Waals surface area contributed by atoms with E-state index in [4.69, 9.17) is 9.47 Å². The Morgan fingerprint density at radius 1 is 1.14 bits per heavy atom. The van der Waals surface area contributed by atoms with Crippen molar-refractivity contribution in [3.05, 3.63) is 70.8 Å². The Morgan fingerprint density at radius 3 is 2.48 bits per heavy atom. The Bertz CT molecular complexity index is 678. The molecule has 0 bridgehead atoms. The van der Waals surface area contributed by atoms with Crippen LogP contribution in [0.5, 0.6) is 0 Å². The van der Waals surface area contributed by atoms with Gasteiger partial charge in [0, 0.05) is 0 Å². The van der Waals surface area contributed by atoms with E-state index in [2.05, 4.69) is 13.0 Å². The van der Waals surface area contributed by atoms with Crippen molar-refractivity contribution >= 4 is 5.97 Å². The summed E-state index contributed by atoms with van der Waals surface area (Å²) >= 11 is 0. The highest BCUT2D eigenvalue weighted by molar-refractivity contribution is 5.81. The van der Waals surface area contributed by atoms with Gasteiger partial charge in [-0.1, -0.05) is 54.1 Å². The van der Waals surface area contributed by atoms with Crippen molar-refractivity contribution in [3.63, 3.8) is 0 Å². The van der Waals surface area contributed by atoms with Gasteiger partial charge in [0.05, 0.1) is 7.11 Å². The van der Waals surface area contributed by atoms with E-state index in [9.17, 15) is 4.79 Å². The van der Waals surface area contributed by atoms with Crippen LogP contribution in [0.3, 0.4) is 0 Å². The molecular weight excluding hydrogens is 264 g/mol. The molecule has 2 aromatic carbocycles. The van der Waals surface area contributed by atoms with Gasteiger partial charge < -0.3 is 9.47 Å². The highest BCUT2D eigenvalue weighted by Crippen LogP contribution is 2.53. The van der Waals surface area contributed by atoms with E-state index < -0.39 is 11.7 Å². The maximum Gasteiger partial charge on any atom is 0.338 e. The molecule has 1 saturated heterocycles. The number of rotatable bonds is 3. The quantitative estimate of drug-likeness (QED) is 0.641. The highest BCUT2D eigenvalue weighted by atomic mass is 16.7. The zero-order chi connectivity index (χ0) is 15.0. The fourth-order valence-electron chi connectivity index (χ4n) is 2.97. The van der Waals surface area contributed by atoms with Gasteiger partial charge in [0.1, 0.15) is 0 Å². The summed E-state index contributed by atoms with van der Waals surface area (Å²) in [6.07, 6.45) is -0.577. The molecule has 21 heavy (non-hydrogen) atoms. The lowest BCUT2D eigenvalue weighted by atomic mass is 9.85. The molecule has 0 aromatic heterocycles. The van der Waals surface area contributed by atoms with Crippen LogP contribution in [0.1, 0.15) is 22.3 Å². The van der Waals surface area contributed by atoms with E-state index in [0.717, 1.165) is 16.7 Å². The van der Waals surface area contributed by atoms with Gasteiger partial charge in [0.15, 0.2) is 11.7 Å². The lowest BCUT2D eigenvalue weighted by Gasteiger charge is -2.17. The van der Waals surface area contributed by atoms with Gasteiger partial charge in [-0.2, -0.15) is 0 Å². The molecule has 3 rings (SSSR count). The predicted octanol–water partition coefficient (Wildman–Crippen LogP) is 3.12. The molecule has 1 heterocycles. The van der Waals surface area contributed by atoms with Gasteiger partial charge >= 0.3 is 5.97 Å². The molecular formula is C18H18O3. The Balaban J connectivity index is 2.13. The average Bonchev–Trinajstić information content (AvgIpc) is 3.24. The molecule has 2 atom stereocenters. The van der Waals surface area contributed by atoms with Gasteiger partial charge in [-0.15, -0.1) is 0 Å². The molecule has 1 fully saturated rings. The third-order valence-electron chi connectivity index (χ3n) is 4.02. The van der Waals surface area contributed by atoms with Crippen LogP contribution in [0.4, 0.5) is 0 Å². The SMILES string of the molecule is COC(=O)C1OC1(c1ccccc1)c1ccc(C)cc1C. The van der Waals surface area contributed by atoms with Crippen LogP contribution in [-0.4, -0.2) is 19.2 Å². The Kier molecular flexibility index (Phi) is 3.30. The first-order valence-electron chi connectivity index (χ1n) is 6.98. The van der Waals surface area contributed by atoms with Crippen molar-refractivity contribution in [2.75, 3.05) is 7.11 Å². The van der Waals surface area contributed by atoms with Crippen molar-refractivity contribution in [1.29, 1.82) is 0 Å². The fraction of sp³-hybridized carbons (Fsp3) is 0.278. The van der Waals surface area contributed by atoms with Crippen LogP contribution in [0.2, 0.25) is 0 Å². The van der Waals surface area contributed by atoms with Crippen LogP contribution in [0, 0.1) is 13.8 Å². The number of benzene rings is 2. The molecule has 2 unspecified atom stereocenters. The number of hydrogen-bond acceptors (Lipinski definition) is 3. The summed E-state index contributed by atoms with van der Waals surface area (Å²) in [5, 5.41) is 0. The first-order valence-corrected chi connectivity index (χ1v) is 6.98. The topological polar surface area (TPSA) is 38.8 Å². The summed E-state index contributed by atoms with van der Waals surface area (Å²) in [4.78, 5) is 12.0. The number of esters is 1. The number of aryl methyl sites for hydroxylation is 2. The van der Waals surface area contributed by atoms with Crippen molar-refractivity contribution in [1.82, 2.24) is 0 Å². The van der Waals surface area contributed by atoms with E-state index in [1.165, 1.54) is 12.7 Å². The first-order chi connectivity index (χ1) is 10.1. The normalized spacial score (nSPS) is 23.7. The monoisotopic (exact) mass is 282 g/mol. The lowest BCUT2D eigenvalue weighted by molar-refractivity contribution is -0.142. The van der Waals surface area contributed by atoms with Crippen LogP contribution < -0.4 is 0 Å². The number of carbonyl (C=O) groups is 1. The Labute approximate surface area is 124 Å². The Hall–Kier alpha value is -2.13. The second kappa shape index (κ2) is 5.01. The molecule has 1 aliphatic rings. The van der Waals surface area contributed by atoms with Gasteiger partial charge in [0.25, 0.3) is 0 Å². The Morgan fingerprint density at radius 2 is 1.86 bits per heavy atom. The van der Waals surface area contributed by atoms with Gasteiger partial charge in [-0.3, -0.25) is 0 Å². The molecule has 2 aromatic rings. The van der Waals surface area contributed by atoms with Crippen molar-refractivity contribution in [2.45, 2.75) is 25.6 Å². The number of methoxy groups -OCH3 is 1. The molecule has 108 valence electrons. The molecule has 1 aliphatic heterocycles. The van der Waals surface area contributed by atoms with Crippen LogP contribution in [-0.2, 0) is 19.9 Å². The molecule has 0 N–H and O–H groups in total. The highest BCUT2D eigenvalue weighted by Gasteiger charge is 2.64. The minimum atomic E-state index is -0.716. The van der Waals surface area contributed by atoms with Crippen molar-refractivity contribution in [3.8, 4) is 0 Å². The maximum absolute atomic E-state index is 12.0. The minimum Gasteiger partial charge on any atom is -0.467 e. The summed E-state index contributed by atoms with van der Waals surface area (Å²) in [5.74, 6) is -0.334. The third kappa shape index (κ3) is 2.14. The average molecular weight is 282 g/mol. The van der Waals surface area contributed by atoms with Crippen LogP contribution in [0.25, 0.3) is 0 Å². The minimum absolute atomic E-state index is 0.334. The summed E-state index contributed by atoms with van der Waals surface area (Å²) in [5.41, 5.74) is 3.59. The van der Waals surface area contributed by atoms with E-state index in [-0.39, 0.29) is 5.97 Å². The zero-order valence-electron chi connectivity index (χ0n) is 12.4. The predicted molar refractivity (Wildman–Crippen MR) is 80.0 cm³/mol. The van der Waals surface area contributed by atoms with Crippen LogP contribution >= 0.6 is 0 Å². The van der Waals surface area contributed by atoms with E-state index in [1.54, 1.807) is 0 Å². The summed E-state index contributed by atoms with van der Waals surface area (Å²) < 4.78 is 10.7. The van der Waals surface area contributed by atoms with E-state index >= 15 is 0 Å². The molecule has 0 aliphatic carbocycles. The summed E-state index contributed by atoms with van der Waals surface area (Å²) in [7, 11) is 1.39. The van der Waals surface area contributed by atoms with Gasteiger partial charge in [-0.25, -0.2) is 4.79 Å². The first kappa shape index (κ1) is 13.8. The number of carbonyl (C=O) groups excluding carboxylic acids is 1. The molecule has 3 heteroatoms. The standard InChI is InChI=1S/C18H18O3/c1-12-9-10-15(13(2)11-12)18(14-7-5-4-6-8-14)16(21-18)17(19)20-3/h4-11,16H,1-3H3. The molecule has 0 spiro atoms. The number of ether oxygens (including phenoxy) is 2. The number of hydrogen-bond donors (Lipinski definition) is 0. The van der Waals surface area contributed by atoms with Gasteiger partial charge in [0.2, 0.25) is 0 Å². The largest absolute Gasteiger partial charge is 0.467 e. The third-order valence-corrected chi connectivity index (χ3v) is 4.02. The van der Waals surface area contributed by atoms with E-state index in [0.29, 0.717) is 0 Å². The molecule has 3 nitrogen and oxygen atoms in total. The second-order valence-corrected chi connectivity index (χ2v) is 5.44. The molecule has 0 radical (unpaired) electrons. The zero-order valence-corrected chi connectivity index (χ0v) is 12.4. The van der Waals surface area contributed by atoms with Crippen LogP contribution in [0.15, 0.2) is 48.5 Å². The van der Waals surface area contributed by atoms with Crippen molar-refractivity contribution < 1.29 is 14.3 Å². The summed E-state index contributed by atoms with van der Waals surface area (Å²) in [6, 6.07) is 16.0. The van der Waals surface area contributed by atoms with E-state index in [1.807, 2.05) is 49.4 Å². The van der Waals surface area contributed by atoms with Gasteiger partial charge in [-0.05, 0) is 30.5 Å². The number of epoxide rings is 1. The smallest absolute Gasteiger partial charge is 0.338 e.